The molecule has 0 saturated carbocycles. The van der Waals surface area contributed by atoms with Crippen LogP contribution < -0.4 is 9.47 Å². The lowest BCUT2D eigenvalue weighted by Crippen LogP contribution is -2.35. The van der Waals surface area contributed by atoms with E-state index in [0.29, 0.717) is 12.3 Å². The predicted octanol–water partition coefficient (Wildman–Crippen LogP) is 4.03. The molecule has 1 fully saturated rings. The average molecular weight is 430 g/mol. The standard InChI is InChI=1S/C22H23NO2.CH4O3S/c1-24-21-11-18-16-8-4-3-7-15(16)17-10-14-6-5-9-23(14)13-20(17)19(18)12-22(21)25-2;1-5(2,3)4/h3-4,7-8,11-12,14H,5-6,9-10,13H2,1-2H3;1H3,(H,2,3,4)/t14-;/m0./s1. The second kappa shape index (κ2) is 8.06. The van der Waals surface area contributed by atoms with Crippen molar-refractivity contribution in [2.24, 2.45) is 0 Å². The minimum absolute atomic E-state index is 0.715. The number of nitrogens with zero attached hydrogens (tertiary/aromatic N) is 1. The Kier molecular flexibility index (Phi) is 5.61. The number of methoxy groups -OCH3 is 2. The van der Waals surface area contributed by atoms with Crippen LogP contribution in [0, 0.1) is 0 Å². The lowest BCUT2D eigenvalue weighted by molar-refractivity contribution is 0.229. The number of benzene rings is 3. The molecule has 0 radical (unpaired) electrons. The van der Waals surface area contributed by atoms with Crippen LogP contribution in [-0.2, 0) is 23.1 Å². The van der Waals surface area contributed by atoms with E-state index in [4.69, 9.17) is 14.0 Å². The fourth-order valence-electron chi connectivity index (χ4n) is 4.84. The van der Waals surface area contributed by atoms with E-state index in [0.717, 1.165) is 18.0 Å². The van der Waals surface area contributed by atoms with Crippen molar-refractivity contribution in [2.45, 2.75) is 31.8 Å². The first-order valence-electron chi connectivity index (χ1n) is 10.0. The first kappa shape index (κ1) is 20.9. The molecule has 3 aromatic carbocycles. The van der Waals surface area contributed by atoms with Crippen LogP contribution in [0.4, 0.5) is 0 Å². The fraction of sp³-hybridized carbons (Fsp3) is 0.391. The van der Waals surface area contributed by atoms with Gasteiger partial charge >= 0.3 is 0 Å². The summed E-state index contributed by atoms with van der Waals surface area (Å²) in [5.41, 5.74) is 3.02. The first-order valence-corrected chi connectivity index (χ1v) is 11.9. The molecule has 0 amide bonds. The second-order valence-corrected chi connectivity index (χ2v) is 9.43. The summed E-state index contributed by atoms with van der Waals surface area (Å²) in [6, 6.07) is 13.9. The molecule has 2 heterocycles. The molecule has 0 bridgehead atoms. The van der Waals surface area contributed by atoms with Crippen molar-refractivity contribution in [2.75, 3.05) is 27.0 Å². The highest BCUT2D eigenvalue weighted by molar-refractivity contribution is 7.85. The molecular weight excluding hydrogens is 402 g/mol. The Morgan fingerprint density at radius 3 is 2.20 bits per heavy atom. The normalized spacial score (nSPS) is 18.5. The monoisotopic (exact) mass is 429 g/mol. The summed E-state index contributed by atoms with van der Waals surface area (Å²) >= 11 is 0. The highest BCUT2D eigenvalue weighted by Crippen LogP contribution is 2.43. The molecule has 5 rings (SSSR count). The van der Waals surface area contributed by atoms with Crippen LogP contribution in [0.2, 0.25) is 0 Å². The highest BCUT2D eigenvalue weighted by Gasteiger charge is 2.32. The molecule has 0 aromatic heterocycles. The van der Waals surface area contributed by atoms with E-state index in [1.165, 1.54) is 52.9 Å². The molecule has 6 nitrogen and oxygen atoms in total. The van der Waals surface area contributed by atoms with Crippen molar-refractivity contribution in [3.05, 3.63) is 47.5 Å². The topological polar surface area (TPSA) is 76.1 Å². The molecule has 1 N–H and O–H groups in total. The van der Waals surface area contributed by atoms with Crippen LogP contribution in [-0.4, -0.2) is 50.9 Å². The Balaban J connectivity index is 0.000000393. The largest absolute Gasteiger partial charge is 0.493 e. The van der Waals surface area contributed by atoms with Gasteiger partial charge in [0.15, 0.2) is 11.5 Å². The van der Waals surface area contributed by atoms with E-state index in [1.54, 1.807) is 19.8 Å². The maximum atomic E-state index is 9.19. The summed E-state index contributed by atoms with van der Waals surface area (Å²) < 4.78 is 37.0. The van der Waals surface area contributed by atoms with Crippen molar-refractivity contribution >= 4 is 31.7 Å². The lowest BCUT2D eigenvalue weighted by Gasteiger charge is -2.33. The maximum Gasteiger partial charge on any atom is 0.261 e. The fourth-order valence-corrected chi connectivity index (χ4v) is 4.84. The van der Waals surface area contributed by atoms with E-state index in [1.807, 2.05) is 0 Å². The SMILES string of the molecule is COc1cc2c3c(c4ccccc4c2cc1OC)C[C@@H]1CCCN1C3.CS(=O)(=O)O. The average Bonchev–Trinajstić information content (AvgIpc) is 3.18. The van der Waals surface area contributed by atoms with E-state index in [2.05, 4.69) is 41.3 Å². The first-order chi connectivity index (χ1) is 14.3. The maximum absolute atomic E-state index is 9.19. The highest BCUT2D eigenvalue weighted by atomic mass is 32.2. The molecule has 3 aromatic rings. The number of hydrogen-bond acceptors (Lipinski definition) is 5. The van der Waals surface area contributed by atoms with Crippen molar-refractivity contribution in [1.29, 1.82) is 0 Å². The smallest absolute Gasteiger partial charge is 0.261 e. The van der Waals surface area contributed by atoms with Gasteiger partial charge in [0.2, 0.25) is 0 Å². The molecule has 160 valence electrons. The molecule has 7 heteroatoms. The van der Waals surface area contributed by atoms with E-state index in [-0.39, 0.29) is 0 Å². The van der Waals surface area contributed by atoms with Gasteiger partial charge in [-0.05, 0) is 70.6 Å². The number of ether oxygens (including phenoxy) is 2. The number of hydrogen-bond donors (Lipinski definition) is 1. The summed E-state index contributed by atoms with van der Waals surface area (Å²) in [4.78, 5) is 2.66. The molecular formula is C23H27NO5S. The van der Waals surface area contributed by atoms with Gasteiger partial charge in [-0.2, -0.15) is 8.42 Å². The lowest BCUT2D eigenvalue weighted by atomic mass is 9.85. The third kappa shape index (κ3) is 3.97. The van der Waals surface area contributed by atoms with Gasteiger partial charge < -0.3 is 9.47 Å². The van der Waals surface area contributed by atoms with Crippen molar-refractivity contribution < 1.29 is 22.4 Å². The van der Waals surface area contributed by atoms with Gasteiger partial charge in [0.05, 0.1) is 20.5 Å². The van der Waals surface area contributed by atoms with Crippen LogP contribution in [0.3, 0.4) is 0 Å². The van der Waals surface area contributed by atoms with E-state index >= 15 is 0 Å². The molecule has 1 saturated heterocycles. The molecule has 0 aliphatic carbocycles. The molecule has 0 spiro atoms. The van der Waals surface area contributed by atoms with Crippen LogP contribution in [0.1, 0.15) is 24.0 Å². The Hall–Kier alpha value is -2.35. The zero-order valence-electron chi connectivity index (χ0n) is 17.5. The Morgan fingerprint density at radius 1 is 0.967 bits per heavy atom. The number of rotatable bonds is 2. The van der Waals surface area contributed by atoms with Crippen LogP contribution in [0.15, 0.2) is 36.4 Å². The van der Waals surface area contributed by atoms with E-state index in [9.17, 15) is 8.42 Å². The molecule has 2 aliphatic heterocycles. The van der Waals surface area contributed by atoms with Crippen LogP contribution in [0.5, 0.6) is 11.5 Å². The quantitative estimate of drug-likeness (QED) is 0.490. The van der Waals surface area contributed by atoms with Gasteiger partial charge in [-0.15, -0.1) is 0 Å². The summed E-state index contributed by atoms with van der Waals surface area (Å²) in [6.45, 7) is 2.28. The summed E-state index contributed by atoms with van der Waals surface area (Å²) in [5.74, 6) is 1.62. The zero-order chi connectivity index (χ0) is 21.5. The Labute approximate surface area is 177 Å². The summed E-state index contributed by atoms with van der Waals surface area (Å²) in [7, 11) is -0.243. The van der Waals surface area contributed by atoms with Gasteiger partial charge in [-0.1, -0.05) is 24.3 Å². The van der Waals surface area contributed by atoms with Gasteiger partial charge in [0.1, 0.15) is 0 Å². The van der Waals surface area contributed by atoms with Gasteiger partial charge in [-0.25, -0.2) is 0 Å². The van der Waals surface area contributed by atoms with Gasteiger partial charge in [0.25, 0.3) is 10.1 Å². The van der Waals surface area contributed by atoms with Crippen LogP contribution >= 0.6 is 0 Å². The van der Waals surface area contributed by atoms with Crippen molar-refractivity contribution in [3.8, 4) is 11.5 Å². The molecule has 0 unspecified atom stereocenters. The zero-order valence-corrected chi connectivity index (χ0v) is 18.3. The third-order valence-electron chi connectivity index (χ3n) is 6.06. The summed E-state index contributed by atoms with van der Waals surface area (Å²) in [6.07, 6.45) is 4.54. The van der Waals surface area contributed by atoms with Crippen molar-refractivity contribution in [3.63, 3.8) is 0 Å². The van der Waals surface area contributed by atoms with E-state index < -0.39 is 10.1 Å². The van der Waals surface area contributed by atoms with Crippen LogP contribution in [0.25, 0.3) is 21.5 Å². The second-order valence-electron chi connectivity index (χ2n) is 7.96. The molecule has 30 heavy (non-hydrogen) atoms. The third-order valence-corrected chi connectivity index (χ3v) is 6.06. The Morgan fingerprint density at radius 2 is 1.57 bits per heavy atom. The minimum atomic E-state index is -3.67. The molecule has 2 aliphatic rings. The van der Waals surface area contributed by atoms with Gasteiger partial charge in [0, 0.05) is 12.6 Å². The summed E-state index contributed by atoms with van der Waals surface area (Å²) in [5, 5.41) is 5.31. The van der Waals surface area contributed by atoms with Crippen molar-refractivity contribution in [1.82, 2.24) is 4.90 Å². The van der Waals surface area contributed by atoms with Gasteiger partial charge in [-0.3, -0.25) is 9.45 Å². The number of fused-ring (bicyclic) bond motifs is 7. The molecule has 1 atom stereocenters. The minimum Gasteiger partial charge on any atom is -0.493 e. The Bertz CT molecular complexity index is 1200. The predicted molar refractivity (Wildman–Crippen MR) is 119 cm³/mol.